The lowest BCUT2D eigenvalue weighted by Gasteiger charge is -2.22. The summed E-state index contributed by atoms with van der Waals surface area (Å²) < 4.78 is 0. The van der Waals surface area contributed by atoms with E-state index in [1.54, 1.807) is 18.3 Å². The standard InChI is InChI=1S/C13H21N3O/c1-4-16(9-10(2)3)13(17)7-12-6-5-11(14)8-15-12/h5-6,8,10H,4,7,9,14H2,1-3H3. The Bertz CT molecular complexity index is 359. The number of aromatic nitrogens is 1. The maximum Gasteiger partial charge on any atom is 0.228 e. The molecule has 0 radical (unpaired) electrons. The van der Waals surface area contributed by atoms with Crippen molar-refractivity contribution in [2.75, 3.05) is 18.8 Å². The van der Waals surface area contributed by atoms with Crippen LogP contribution in [-0.2, 0) is 11.2 Å². The van der Waals surface area contributed by atoms with Crippen molar-refractivity contribution in [2.24, 2.45) is 5.92 Å². The van der Waals surface area contributed by atoms with Crippen LogP contribution < -0.4 is 5.73 Å². The third kappa shape index (κ3) is 4.43. The lowest BCUT2D eigenvalue weighted by Crippen LogP contribution is -2.35. The quantitative estimate of drug-likeness (QED) is 0.845. The number of anilines is 1. The van der Waals surface area contributed by atoms with Crippen LogP contribution in [0.4, 0.5) is 5.69 Å². The molecule has 94 valence electrons. The van der Waals surface area contributed by atoms with Crippen LogP contribution in [0.3, 0.4) is 0 Å². The Morgan fingerprint density at radius 2 is 2.18 bits per heavy atom. The summed E-state index contributed by atoms with van der Waals surface area (Å²) in [6.45, 7) is 7.75. The molecule has 0 aromatic carbocycles. The third-order valence-electron chi connectivity index (χ3n) is 2.50. The first-order valence-electron chi connectivity index (χ1n) is 6.01. The summed E-state index contributed by atoms with van der Waals surface area (Å²) in [5, 5.41) is 0. The van der Waals surface area contributed by atoms with Gasteiger partial charge in [0.25, 0.3) is 0 Å². The molecule has 1 heterocycles. The second-order valence-electron chi connectivity index (χ2n) is 4.59. The maximum atomic E-state index is 12.0. The highest BCUT2D eigenvalue weighted by Gasteiger charge is 2.13. The van der Waals surface area contributed by atoms with E-state index in [9.17, 15) is 4.79 Å². The van der Waals surface area contributed by atoms with E-state index in [4.69, 9.17) is 5.73 Å². The van der Waals surface area contributed by atoms with Gasteiger partial charge in [0.05, 0.1) is 18.3 Å². The largest absolute Gasteiger partial charge is 0.397 e. The molecule has 0 aliphatic heterocycles. The lowest BCUT2D eigenvalue weighted by molar-refractivity contribution is -0.130. The Labute approximate surface area is 103 Å². The van der Waals surface area contributed by atoms with Crippen LogP contribution in [0.2, 0.25) is 0 Å². The van der Waals surface area contributed by atoms with Crippen LogP contribution in [0.15, 0.2) is 18.3 Å². The van der Waals surface area contributed by atoms with E-state index in [-0.39, 0.29) is 5.91 Å². The van der Waals surface area contributed by atoms with Crippen LogP contribution in [0.25, 0.3) is 0 Å². The number of pyridine rings is 1. The maximum absolute atomic E-state index is 12.0. The molecule has 1 amide bonds. The van der Waals surface area contributed by atoms with E-state index in [2.05, 4.69) is 18.8 Å². The number of hydrogen-bond acceptors (Lipinski definition) is 3. The van der Waals surface area contributed by atoms with Gasteiger partial charge in [0.1, 0.15) is 0 Å². The SMILES string of the molecule is CCN(CC(C)C)C(=O)Cc1ccc(N)cn1. The minimum absolute atomic E-state index is 0.124. The molecule has 0 unspecified atom stereocenters. The summed E-state index contributed by atoms with van der Waals surface area (Å²) in [7, 11) is 0. The Hall–Kier alpha value is -1.58. The average molecular weight is 235 g/mol. The molecule has 1 aromatic rings. The summed E-state index contributed by atoms with van der Waals surface area (Å²) in [6, 6.07) is 3.57. The molecule has 0 saturated heterocycles. The Morgan fingerprint density at radius 1 is 1.47 bits per heavy atom. The number of nitrogens with two attached hydrogens (primary N) is 1. The second kappa shape index (κ2) is 6.23. The number of nitrogen functional groups attached to an aromatic ring is 1. The van der Waals surface area contributed by atoms with Crippen molar-refractivity contribution in [3.63, 3.8) is 0 Å². The van der Waals surface area contributed by atoms with Crippen LogP contribution in [0.1, 0.15) is 26.5 Å². The van der Waals surface area contributed by atoms with Gasteiger partial charge in [-0.2, -0.15) is 0 Å². The van der Waals surface area contributed by atoms with E-state index in [0.29, 0.717) is 18.0 Å². The molecule has 0 aliphatic carbocycles. The number of rotatable bonds is 5. The first-order valence-corrected chi connectivity index (χ1v) is 6.01. The highest BCUT2D eigenvalue weighted by molar-refractivity contribution is 5.78. The summed E-state index contributed by atoms with van der Waals surface area (Å²) in [5.41, 5.74) is 6.94. The fourth-order valence-electron chi connectivity index (χ4n) is 1.66. The molecule has 0 fully saturated rings. The summed E-state index contributed by atoms with van der Waals surface area (Å²) in [6.07, 6.45) is 1.93. The number of nitrogens with zero attached hydrogens (tertiary/aromatic N) is 2. The molecule has 0 aliphatic rings. The summed E-state index contributed by atoms with van der Waals surface area (Å²) in [5.74, 6) is 0.608. The van der Waals surface area contributed by atoms with Gasteiger partial charge in [0, 0.05) is 18.8 Å². The smallest absolute Gasteiger partial charge is 0.228 e. The van der Waals surface area contributed by atoms with E-state index in [1.165, 1.54) is 0 Å². The van der Waals surface area contributed by atoms with Crippen molar-refractivity contribution < 1.29 is 4.79 Å². The molecule has 1 aromatic heterocycles. The van der Waals surface area contributed by atoms with Gasteiger partial charge in [-0.1, -0.05) is 13.8 Å². The zero-order valence-corrected chi connectivity index (χ0v) is 10.8. The Morgan fingerprint density at radius 3 is 2.65 bits per heavy atom. The van der Waals surface area contributed by atoms with Crippen molar-refractivity contribution in [1.29, 1.82) is 0 Å². The molecule has 0 spiro atoms. The summed E-state index contributed by atoms with van der Waals surface area (Å²) >= 11 is 0. The predicted molar refractivity (Wildman–Crippen MR) is 69.4 cm³/mol. The molecule has 17 heavy (non-hydrogen) atoms. The lowest BCUT2D eigenvalue weighted by atomic mass is 10.2. The number of likely N-dealkylation sites (N-methyl/N-ethyl adjacent to an activating group) is 1. The number of amides is 1. The number of carbonyl (C=O) groups is 1. The number of hydrogen-bond donors (Lipinski definition) is 1. The Balaban J connectivity index is 2.60. The fourth-order valence-corrected chi connectivity index (χ4v) is 1.66. The second-order valence-corrected chi connectivity index (χ2v) is 4.59. The topological polar surface area (TPSA) is 59.2 Å². The monoisotopic (exact) mass is 235 g/mol. The van der Waals surface area contributed by atoms with Crippen molar-refractivity contribution in [3.05, 3.63) is 24.0 Å². The van der Waals surface area contributed by atoms with Crippen LogP contribution in [0.5, 0.6) is 0 Å². The molecule has 4 nitrogen and oxygen atoms in total. The van der Waals surface area contributed by atoms with Crippen molar-refractivity contribution in [2.45, 2.75) is 27.2 Å². The van der Waals surface area contributed by atoms with E-state index in [0.717, 1.165) is 18.8 Å². The van der Waals surface area contributed by atoms with Gasteiger partial charge in [-0.25, -0.2) is 0 Å². The molecule has 4 heteroatoms. The zero-order chi connectivity index (χ0) is 12.8. The van der Waals surface area contributed by atoms with Gasteiger partial charge in [0.15, 0.2) is 0 Å². The first-order chi connectivity index (χ1) is 8.02. The first kappa shape index (κ1) is 13.5. The van der Waals surface area contributed by atoms with Gasteiger partial charge in [-0.05, 0) is 25.0 Å². The van der Waals surface area contributed by atoms with E-state index in [1.807, 2.05) is 11.8 Å². The van der Waals surface area contributed by atoms with Gasteiger partial charge in [0.2, 0.25) is 5.91 Å². The van der Waals surface area contributed by atoms with E-state index < -0.39 is 0 Å². The minimum atomic E-state index is 0.124. The highest BCUT2D eigenvalue weighted by Crippen LogP contribution is 2.05. The third-order valence-corrected chi connectivity index (χ3v) is 2.50. The molecular weight excluding hydrogens is 214 g/mol. The van der Waals surface area contributed by atoms with Crippen molar-refractivity contribution in [3.8, 4) is 0 Å². The zero-order valence-electron chi connectivity index (χ0n) is 10.8. The molecule has 0 atom stereocenters. The average Bonchev–Trinajstić information content (AvgIpc) is 2.28. The normalized spacial score (nSPS) is 10.6. The Kier molecular flexibility index (Phi) is 4.94. The van der Waals surface area contributed by atoms with Crippen LogP contribution >= 0.6 is 0 Å². The fraction of sp³-hybridized carbons (Fsp3) is 0.538. The molecule has 0 bridgehead atoms. The van der Waals surface area contributed by atoms with Crippen molar-refractivity contribution in [1.82, 2.24) is 9.88 Å². The minimum Gasteiger partial charge on any atom is -0.397 e. The molecular formula is C13H21N3O. The van der Waals surface area contributed by atoms with Gasteiger partial charge in [-0.3, -0.25) is 9.78 Å². The van der Waals surface area contributed by atoms with Gasteiger partial charge >= 0.3 is 0 Å². The summed E-state index contributed by atoms with van der Waals surface area (Å²) in [4.78, 5) is 18.0. The van der Waals surface area contributed by atoms with Gasteiger partial charge < -0.3 is 10.6 Å². The van der Waals surface area contributed by atoms with E-state index >= 15 is 0 Å². The van der Waals surface area contributed by atoms with Crippen molar-refractivity contribution >= 4 is 11.6 Å². The number of carbonyl (C=O) groups excluding carboxylic acids is 1. The predicted octanol–water partition coefficient (Wildman–Crippen LogP) is 1.71. The molecule has 0 saturated carbocycles. The van der Waals surface area contributed by atoms with Gasteiger partial charge in [-0.15, -0.1) is 0 Å². The van der Waals surface area contributed by atoms with Crippen LogP contribution in [0, 0.1) is 5.92 Å². The van der Waals surface area contributed by atoms with Crippen LogP contribution in [-0.4, -0.2) is 28.9 Å². The molecule has 1 rings (SSSR count). The molecule has 2 N–H and O–H groups in total. The highest BCUT2D eigenvalue weighted by atomic mass is 16.2.